The van der Waals surface area contributed by atoms with Crippen LogP contribution in [-0.4, -0.2) is 22.6 Å². The molecule has 0 N–H and O–H groups in total. The van der Waals surface area contributed by atoms with Crippen LogP contribution in [0.25, 0.3) is 11.3 Å². The number of carbonyl (C=O) groups excluding carboxylic acids is 2. The summed E-state index contributed by atoms with van der Waals surface area (Å²) in [6.07, 6.45) is -5.02. The predicted molar refractivity (Wildman–Crippen MR) is 104 cm³/mol. The predicted octanol–water partition coefficient (Wildman–Crippen LogP) is 5.30. The molecule has 1 unspecified atom stereocenters. The summed E-state index contributed by atoms with van der Waals surface area (Å²) in [6, 6.07) is 7.43. The quantitative estimate of drug-likeness (QED) is 0.405. The van der Waals surface area contributed by atoms with Gasteiger partial charge in [0.2, 0.25) is 0 Å². The van der Waals surface area contributed by atoms with Crippen molar-refractivity contribution in [2.45, 2.75) is 39.3 Å². The molecule has 160 valence electrons. The van der Waals surface area contributed by atoms with Gasteiger partial charge in [-0.1, -0.05) is 30.7 Å². The van der Waals surface area contributed by atoms with Crippen molar-refractivity contribution in [2.24, 2.45) is 0 Å². The van der Waals surface area contributed by atoms with Crippen molar-refractivity contribution in [1.82, 2.24) is 4.57 Å². The van der Waals surface area contributed by atoms with E-state index in [-0.39, 0.29) is 16.8 Å². The maximum Gasteiger partial charge on any atom is 0.432 e. The van der Waals surface area contributed by atoms with E-state index in [2.05, 4.69) is 15.9 Å². The number of nitrogens with zero attached hydrogens (tertiary/aromatic N) is 2. The zero-order chi connectivity index (χ0) is 22.6. The Morgan fingerprint density at radius 1 is 1.27 bits per heavy atom. The first-order valence-electron chi connectivity index (χ1n) is 8.54. The summed E-state index contributed by atoms with van der Waals surface area (Å²) in [4.78, 5) is 23.6. The van der Waals surface area contributed by atoms with Gasteiger partial charge < -0.3 is 14.0 Å². The molecule has 0 aliphatic rings. The van der Waals surface area contributed by atoms with E-state index in [1.807, 2.05) is 0 Å². The fourth-order valence-corrected chi connectivity index (χ4v) is 3.34. The van der Waals surface area contributed by atoms with E-state index in [0.717, 1.165) is 0 Å². The zero-order valence-corrected chi connectivity index (χ0v) is 18.1. The number of halogens is 5. The van der Waals surface area contributed by atoms with Gasteiger partial charge in [-0.15, -0.1) is 0 Å². The highest BCUT2D eigenvalue weighted by atomic mass is 79.9. The lowest BCUT2D eigenvalue weighted by Gasteiger charge is -2.16. The van der Waals surface area contributed by atoms with E-state index in [4.69, 9.17) is 21.1 Å². The number of carbonyl (C=O) groups is 2. The number of benzene rings is 1. The van der Waals surface area contributed by atoms with Crippen LogP contribution in [-0.2, 0) is 32.0 Å². The van der Waals surface area contributed by atoms with Crippen LogP contribution in [0.5, 0.6) is 0 Å². The molecule has 6 nitrogen and oxygen atoms in total. The Balaban J connectivity index is 2.51. The third kappa shape index (κ3) is 5.15. The summed E-state index contributed by atoms with van der Waals surface area (Å²) < 4.78 is 50.8. The molecule has 0 amide bonds. The number of aromatic nitrogens is 1. The molecule has 0 radical (unpaired) electrons. The highest BCUT2D eigenvalue weighted by Gasteiger charge is 2.41. The summed E-state index contributed by atoms with van der Waals surface area (Å²) >= 11 is 8.65. The topological polar surface area (TPSA) is 81.3 Å². The van der Waals surface area contributed by atoms with Gasteiger partial charge in [0.25, 0.3) is 0 Å². The van der Waals surface area contributed by atoms with Crippen molar-refractivity contribution < 1.29 is 32.2 Å². The monoisotopic (exact) mass is 506 g/mol. The maximum absolute atomic E-state index is 13.7. The first-order chi connectivity index (χ1) is 14.0. The molecule has 0 saturated carbocycles. The van der Waals surface area contributed by atoms with Gasteiger partial charge in [0.05, 0.1) is 21.8 Å². The van der Waals surface area contributed by atoms with Gasteiger partial charge in [0.1, 0.15) is 11.8 Å². The smallest absolute Gasteiger partial charge is 0.432 e. The van der Waals surface area contributed by atoms with Crippen molar-refractivity contribution in [2.75, 3.05) is 0 Å². The van der Waals surface area contributed by atoms with Crippen molar-refractivity contribution in [3.8, 4) is 17.3 Å². The van der Waals surface area contributed by atoms with Crippen LogP contribution in [0.1, 0.15) is 31.5 Å². The van der Waals surface area contributed by atoms with Crippen molar-refractivity contribution >= 4 is 39.5 Å². The van der Waals surface area contributed by atoms with E-state index in [0.29, 0.717) is 16.0 Å². The third-order valence-electron chi connectivity index (χ3n) is 4.08. The van der Waals surface area contributed by atoms with Gasteiger partial charge in [-0.2, -0.15) is 18.4 Å². The molecule has 11 heteroatoms. The lowest BCUT2D eigenvalue weighted by molar-refractivity contribution is -0.174. The molecule has 30 heavy (non-hydrogen) atoms. The number of ether oxygens (including phenoxy) is 2. The van der Waals surface area contributed by atoms with Crippen LogP contribution in [0.2, 0.25) is 5.02 Å². The average Bonchev–Trinajstić information content (AvgIpc) is 2.97. The Hall–Kier alpha value is -2.51. The number of hydrogen-bond donors (Lipinski definition) is 0. The van der Waals surface area contributed by atoms with Gasteiger partial charge in [0, 0.05) is 5.02 Å². The maximum atomic E-state index is 13.7. The van der Waals surface area contributed by atoms with E-state index in [1.54, 1.807) is 19.9 Å². The Bertz CT molecular complexity index is 997. The van der Waals surface area contributed by atoms with Gasteiger partial charge in [-0.25, -0.2) is 9.59 Å². The van der Waals surface area contributed by atoms with E-state index in [9.17, 15) is 28.0 Å². The van der Waals surface area contributed by atoms with Crippen LogP contribution in [0, 0.1) is 11.3 Å². The second-order valence-electron chi connectivity index (χ2n) is 6.12. The van der Waals surface area contributed by atoms with Gasteiger partial charge >= 0.3 is 18.1 Å². The lowest BCUT2D eigenvalue weighted by atomic mass is 10.1. The minimum Gasteiger partial charge on any atom is -0.454 e. The second kappa shape index (κ2) is 9.53. The zero-order valence-electron chi connectivity index (χ0n) is 15.7. The summed E-state index contributed by atoms with van der Waals surface area (Å²) in [5.41, 5.74) is -1.49. The second-order valence-corrected chi connectivity index (χ2v) is 7.35. The molecular formula is C19H15BrClF3N2O4. The SMILES string of the molecule is CCC(C)OC(=O)C(=O)OCn1c(-c2ccc(Cl)cc2)c(C#N)c(Br)c1C(F)(F)F. The summed E-state index contributed by atoms with van der Waals surface area (Å²) in [5.74, 6) is -2.77. The first-order valence-corrected chi connectivity index (χ1v) is 9.71. The lowest BCUT2D eigenvalue weighted by Crippen LogP contribution is -2.26. The third-order valence-corrected chi connectivity index (χ3v) is 5.10. The molecule has 1 heterocycles. The van der Waals surface area contributed by atoms with Gasteiger partial charge in [-0.3, -0.25) is 0 Å². The summed E-state index contributed by atoms with van der Waals surface area (Å²) in [6.45, 7) is 2.30. The normalized spacial score (nSPS) is 12.2. The molecule has 0 aliphatic carbocycles. The number of nitriles is 1. The molecular weight excluding hydrogens is 493 g/mol. The van der Waals surface area contributed by atoms with Gasteiger partial charge in [-0.05, 0) is 47.0 Å². The molecule has 1 aromatic heterocycles. The van der Waals surface area contributed by atoms with Crippen molar-refractivity contribution in [3.05, 3.63) is 45.0 Å². The number of hydrogen-bond acceptors (Lipinski definition) is 5. The summed E-state index contributed by atoms with van der Waals surface area (Å²) in [5, 5.41) is 9.78. The Morgan fingerprint density at radius 2 is 1.87 bits per heavy atom. The minimum atomic E-state index is -4.89. The molecule has 0 saturated heterocycles. The average molecular weight is 508 g/mol. The molecule has 0 bridgehead atoms. The van der Waals surface area contributed by atoms with E-state index < -0.39 is 41.1 Å². The molecule has 2 aromatic rings. The first kappa shape index (κ1) is 23.8. The molecule has 0 aliphatic heterocycles. The standard InChI is InChI=1S/C19H15BrClF3N2O4/c1-3-10(2)30-18(28)17(27)29-9-26-15(11-4-6-12(21)7-5-11)13(8-25)14(20)16(26)19(22,23)24/h4-7,10H,3,9H2,1-2H3. The van der Waals surface area contributed by atoms with Crippen LogP contribution in [0.15, 0.2) is 28.7 Å². The highest BCUT2D eigenvalue weighted by Crippen LogP contribution is 2.43. The number of rotatable bonds is 5. The fourth-order valence-electron chi connectivity index (χ4n) is 2.50. The molecule has 0 spiro atoms. The van der Waals surface area contributed by atoms with Crippen LogP contribution >= 0.6 is 27.5 Å². The summed E-state index contributed by atoms with van der Waals surface area (Å²) in [7, 11) is 0. The van der Waals surface area contributed by atoms with Crippen molar-refractivity contribution in [1.29, 1.82) is 5.26 Å². The Kier molecular flexibility index (Phi) is 7.55. The molecule has 0 fully saturated rings. The van der Waals surface area contributed by atoms with Crippen LogP contribution < -0.4 is 0 Å². The van der Waals surface area contributed by atoms with Crippen LogP contribution in [0.3, 0.4) is 0 Å². The minimum absolute atomic E-state index is 0.156. The number of alkyl halides is 3. The van der Waals surface area contributed by atoms with Crippen LogP contribution in [0.4, 0.5) is 13.2 Å². The fraction of sp³-hybridized carbons (Fsp3) is 0.316. The van der Waals surface area contributed by atoms with E-state index in [1.165, 1.54) is 24.3 Å². The Morgan fingerprint density at radius 3 is 2.37 bits per heavy atom. The van der Waals surface area contributed by atoms with Crippen molar-refractivity contribution in [3.63, 3.8) is 0 Å². The highest BCUT2D eigenvalue weighted by molar-refractivity contribution is 9.10. The van der Waals surface area contributed by atoms with E-state index >= 15 is 0 Å². The molecule has 1 aromatic carbocycles. The largest absolute Gasteiger partial charge is 0.454 e. The number of esters is 2. The molecule has 2 rings (SSSR count). The molecule has 1 atom stereocenters. The van der Waals surface area contributed by atoms with Gasteiger partial charge in [0.15, 0.2) is 6.73 Å². The Labute approximate surface area is 183 Å².